The molecule has 3 aromatic rings. The number of nitrogens with zero attached hydrogens (tertiary/aromatic N) is 2. The Morgan fingerprint density at radius 3 is 2.54 bits per heavy atom. The van der Waals surface area contributed by atoms with Gasteiger partial charge < -0.3 is 10.1 Å². The van der Waals surface area contributed by atoms with E-state index in [1.54, 1.807) is 0 Å². The number of ether oxygens (including phenoxy) is 1. The molecule has 3 rings (SSSR count). The molecule has 0 bridgehead atoms. The highest BCUT2D eigenvalue weighted by molar-refractivity contribution is 5.88. The molecule has 6 heteroatoms. The van der Waals surface area contributed by atoms with Crippen molar-refractivity contribution in [2.75, 3.05) is 6.54 Å². The molecule has 0 fully saturated rings. The molecular formula is C22H24N4O2. The number of fused-ring (bicyclic) bond motifs is 1. The van der Waals surface area contributed by atoms with Crippen LogP contribution >= 0.6 is 0 Å². The van der Waals surface area contributed by atoms with Crippen LogP contribution in [0.4, 0.5) is 4.79 Å². The largest absolute Gasteiger partial charge is 0.444 e. The summed E-state index contributed by atoms with van der Waals surface area (Å²) in [4.78, 5) is 11.8. The van der Waals surface area contributed by atoms with Crippen molar-refractivity contribution in [2.45, 2.75) is 39.2 Å². The highest BCUT2D eigenvalue weighted by Gasteiger charge is 2.17. The molecule has 0 aliphatic heterocycles. The Kier molecular flexibility index (Phi) is 5.36. The van der Waals surface area contributed by atoms with Crippen LogP contribution in [0.1, 0.15) is 44.9 Å². The number of hydrogen-bond acceptors (Lipinski definition) is 4. The van der Waals surface area contributed by atoms with Gasteiger partial charge in [0.05, 0.1) is 5.52 Å². The van der Waals surface area contributed by atoms with Crippen molar-refractivity contribution in [3.63, 3.8) is 0 Å². The summed E-state index contributed by atoms with van der Waals surface area (Å²) in [6, 6.07) is 16.2. The van der Waals surface area contributed by atoms with E-state index in [4.69, 9.17) is 10.00 Å². The maximum atomic E-state index is 11.8. The summed E-state index contributed by atoms with van der Waals surface area (Å²) in [7, 11) is 0. The van der Waals surface area contributed by atoms with Gasteiger partial charge in [0, 0.05) is 11.9 Å². The highest BCUT2D eigenvalue weighted by Crippen LogP contribution is 2.26. The first kappa shape index (κ1) is 19.4. The summed E-state index contributed by atoms with van der Waals surface area (Å²) in [5.74, 6) is 0.156. The van der Waals surface area contributed by atoms with Gasteiger partial charge in [0.25, 0.3) is 0 Å². The van der Waals surface area contributed by atoms with E-state index in [1.165, 1.54) is 0 Å². The first-order valence-electron chi connectivity index (χ1n) is 9.22. The number of hydrogen-bond donors (Lipinski definition) is 2. The molecule has 0 saturated heterocycles. The molecule has 0 aliphatic carbocycles. The van der Waals surface area contributed by atoms with Crippen molar-refractivity contribution >= 4 is 17.0 Å². The Labute approximate surface area is 164 Å². The smallest absolute Gasteiger partial charge is 0.407 e. The maximum absolute atomic E-state index is 11.8. The molecule has 1 unspecified atom stereocenters. The number of nitrogens with one attached hydrogen (secondary N) is 2. The fraction of sp³-hybridized carbons (Fsp3) is 0.318. The number of aromatic nitrogens is 2. The molecule has 1 atom stereocenters. The lowest BCUT2D eigenvalue weighted by molar-refractivity contribution is 0.0525. The first-order valence-corrected chi connectivity index (χ1v) is 9.22. The van der Waals surface area contributed by atoms with E-state index >= 15 is 0 Å². The van der Waals surface area contributed by atoms with Crippen LogP contribution in [0.5, 0.6) is 0 Å². The SMILES string of the molecule is CC(CNC(=O)OC(C)(C)C)c1ccc(-c2ccc3[nH]nc(C#N)c3c2)cc1. The summed E-state index contributed by atoms with van der Waals surface area (Å²) in [5.41, 5.74) is 3.95. The van der Waals surface area contributed by atoms with Crippen LogP contribution in [0.2, 0.25) is 0 Å². The second kappa shape index (κ2) is 7.73. The average molecular weight is 376 g/mol. The summed E-state index contributed by atoms with van der Waals surface area (Å²) in [6.45, 7) is 8.09. The lowest BCUT2D eigenvalue weighted by Crippen LogP contribution is -2.34. The monoisotopic (exact) mass is 376 g/mol. The number of rotatable bonds is 4. The molecular weight excluding hydrogens is 352 g/mol. The number of amides is 1. The Morgan fingerprint density at radius 1 is 1.21 bits per heavy atom. The van der Waals surface area contributed by atoms with E-state index in [9.17, 15) is 4.79 Å². The third-order valence-electron chi connectivity index (χ3n) is 4.43. The molecule has 28 heavy (non-hydrogen) atoms. The molecule has 2 aromatic carbocycles. The van der Waals surface area contributed by atoms with E-state index in [-0.39, 0.29) is 5.92 Å². The van der Waals surface area contributed by atoms with E-state index in [2.05, 4.69) is 40.6 Å². The van der Waals surface area contributed by atoms with Crippen LogP contribution in [0, 0.1) is 11.3 Å². The molecule has 1 aromatic heterocycles. The molecule has 6 nitrogen and oxygen atoms in total. The topological polar surface area (TPSA) is 90.8 Å². The van der Waals surface area contributed by atoms with Gasteiger partial charge in [-0.3, -0.25) is 5.10 Å². The zero-order valence-electron chi connectivity index (χ0n) is 16.5. The normalized spacial score (nSPS) is 12.4. The number of nitriles is 1. The molecule has 2 N–H and O–H groups in total. The van der Waals surface area contributed by atoms with Crippen LogP contribution in [0.25, 0.3) is 22.0 Å². The van der Waals surface area contributed by atoms with Gasteiger partial charge >= 0.3 is 6.09 Å². The fourth-order valence-corrected chi connectivity index (χ4v) is 2.95. The van der Waals surface area contributed by atoms with E-state index < -0.39 is 11.7 Å². The first-order chi connectivity index (χ1) is 13.3. The molecule has 0 radical (unpaired) electrons. The number of carbonyl (C=O) groups excluding carboxylic acids is 1. The van der Waals surface area contributed by atoms with E-state index in [0.29, 0.717) is 12.2 Å². The van der Waals surface area contributed by atoms with Crippen molar-refractivity contribution in [1.29, 1.82) is 5.26 Å². The lowest BCUT2D eigenvalue weighted by atomic mass is 9.97. The Bertz CT molecular complexity index is 1020. The Hall–Kier alpha value is -3.33. The van der Waals surface area contributed by atoms with Gasteiger partial charge in [-0.1, -0.05) is 37.3 Å². The molecule has 0 saturated carbocycles. The predicted octanol–water partition coefficient (Wildman–Crippen LogP) is 4.73. The molecule has 0 aliphatic rings. The van der Waals surface area contributed by atoms with Crippen LogP contribution < -0.4 is 5.32 Å². The second-order valence-corrected chi connectivity index (χ2v) is 7.85. The Balaban J connectivity index is 1.69. The van der Waals surface area contributed by atoms with Crippen molar-refractivity contribution in [3.8, 4) is 17.2 Å². The number of benzene rings is 2. The van der Waals surface area contributed by atoms with Gasteiger partial charge in [0.2, 0.25) is 0 Å². The van der Waals surface area contributed by atoms with Crippen molar-refractivity contribution in [1.82, 2.24) is 15.5 Å². The van der Waals surface area contributed by atoms with Crippen molar-refractivity contribution < 1.29 is 9.53 Å². The van der Waals surface area contributed by atoms with Gasteiger partial charge in [0.15, 0.2) is 5.69 Å². The minimum atomic E-state index is -0.504. The maximum Gasteiger partial charge on any atom is 0.407 e. The minimum Gasteiger partial charge on any atom is -0.444 e. The van der Waals surface area contributed by atoms with Crippen LogP contribution in [-0.4, -0.2) is 28.4 Å². The molecule has 144 valence electrons. The van der Waals surface area contributed by atoms with E-state index in [0.717, 1.165) is 27.6 Å². The van der Waals surface area contributed by atoms with Gasteiger partial charge in [0.1, 0.15) is 11.7 Å². The zero-order chi connectivity index (χ0) is 20.3. The van der Waals surface area contributed by atoms with Gasteiger partial charge in [-0.15, -0.1) is 0 Å². The predicted molar refractivity (Wildman–Crippen MR) is 109 cm³/mol. The quantitative estimate of drug-likeness (QED) is 0.689. The summed E-state index contributed by atoms with van der Waals surface area (Å²) in [6.07, 6.45) is -0.405. The summed E-state index contributed by atoms with van der Waals surface area (Å²) < 4.78 is 5.27. The zero-order valence-corrected chi connectivity index (χ0v) is 16.5. The van der Waals surface area contributed by atoms with Gasteiger partial charge in [-0.2, -0.15) is 10.4 Å². The van der Waals surface area contributed by atoms with Crippen LogP contribution in [0.3, 0.4) is 0 Å². The third-order valence-corrected chi connectivity index (χ3v) is 4.43. The van der Waals surface area contributed by atoms with Crippen molar-refractivity contribution in [2.24, 2.45) is 0 Å². The standard InChI is InChI=1S/C22H24N4O2/c1-14(13-24-21(27)28-22(2,3)4)15-5-7-16(8-6-15)17-9-10-19-18(11-17)20(12-23)26-25-19/h5-11,14H,13H2,1-4H3,(H,24,27)(H,25,26). The fourth-order valence-electron chi connectivity index (χ4n) is 2.95. The van der Waals surface area contributed by atoms with Gasteiger partial charge in [-0.05, 0) is 55.5 Å². The van der Waals surface area contributed by atoms with Crippen LogP contribution in [-0.2, 0) is 4.74 Å². The Morgan fingerprint density at radius 2 is 1.89 bits per heavy atom. The summed E-state index contributed by atoms with van der Waals surface area (Å²) in [5, 5.41) is 19.7. The van der Waals surface area contributed by atoms with E-state index in [1.807, 2.05) is 51.1 Å². The third kappa shape index (κ3) is 4.49. The minimum absolute atomic E-state index is 0.156. The molecule has 1 heterocycles. The number of alkyl carbamates (subject to hydrolysis) is 1. The average Bonchev–Trinajstić information content (AvgIpc) is 3.07. The summed E-state index contributed by atoms with van der Waals surface area (Å²) >= 11 is 0. The second-order valence-electron chi connectivity index (χ2n) is 7.85. The van der Waals surface area contributed by atoms with Gasteiger partial charge in [-0.25, -0.2) is 4.79 Å². The number of aromatic amines is 1. The molecule has 0 spiro atoms. The highest BCUT2D eigenvalue weighted by atomic mass is 16.6. The number of H-pyrrole nitrogens is 1. The van der Waals surface area contributed by atoms with Crippen LogP contribution in [0.15, 0.2) is 42.5 Å². The lowest BCUT2D eigenvalue weighted by Gasteiger charge is -2.21. The number of carbonyl (C=O) groups is 1. The van der Waals surface area contributed by atoms with Crippen molar-refractivity contribution in [3.05, 3.63) is 53.7 Å². The molecule has 1 amide bonds.